The van der Waals surface area contributed by atoms with Gasteiger partial charge in [-0.3, -0.25) is 4.79 Å². The van der Waals surface area contributed by atoms with E-state index in [1.165, 1.54) is 17.0 Å². The summed E-state index contributed by atoms with van der Waals surface area (Å²) >= 11 is 11.3. The highest BCUT2D eigenvalue weighted by atomic mass is 35.5. The lowest BCUT2D eigenvalue weighted by atomic mass is 10.1. The molecule has 1 aliphatic rings. The van der Waals surface area contributed by atoms with Crippen molar-refractivity contribution in [2.75, 3.05) is 11.9 Å². The molecule has 114 valence electrons. The summed E-state index contributed by atoms with van der Waals surface area (Å²) in [6.07, 6.45) is 1.29. The number of hydrogen-bond donors (Lipinski definition) is 2. The average molecular weight is 335 g/mol. The molecule has 0 aliphatic carbocycles. The van der Waals surface area contributed by atoms with Gasteiger partial charge >= 0.3 is 12.0 Å². The van der Waals surface area contributed by atoms with Crippen molar-refractivity contribution in [1.29, 1.82) is 0 Å². The molecule has 2 amide bonds. The van der Waals surface area contributed by atoms with Crippen LogP contribution in [0.4, 0.5) is 14.9 Å². The van der Waals surface area contributed by atoms with Gasteiger partial charge in [0.25, 0.3) is 0 Å². The number of carboxylic acids is 1. The number of amides is 2. The zero-order chi connectivity index (χ0) is 15.6. The molecule has 1 unspecified atom stereocenters. The molecular formula is C13H13Cl2FN2O3. The first-order chi connectivity index (χ1) is 9.88. The zero-order valence-electron chi connectivity index (χ0n) is 10.9. The predicted octanol–water partition coefficient (Wildman–Crippen LogP) is 3.60. The van der Waals surface area contributed by atoms with Crippen molar-refractivity contribution in [1.82, 2.24) is 4.90 Å². The maximum atomic E-state index is 13.3. The van der Waals surface area contributed by atoms with E-state index in [9.17, 15) is 14.0 Å². The molecule has 1 heterocycles. The Morgan fingerprint density at radius 3 is 2.57 bits per heavy atom. The van der Waals surface area contributed by atoms with Gasteiger partial charge in [0.05, 0.1) is 16.5 Å². The average Bonchev–Trinajstić information content (AvgIpc) is 2.83. The molecule has 2 rings (SSSR count). The van der Waals surface area contributed by atoms with Crippen molar-refractivity contribution in [3.63, 3.8) is 0 Å². The number of benzene rings is 1. The molecule has 0 bridgehead atoms. The number of urea groups is 1. The summed E-state index contributed by atoms with van der Waals surface area (Å²) in [4.78, 5) is 24.4. The molecule has 21 heavy (non-hydrogen) atoms. The molecule has 2 N–H and O–H groups in total. The Kier molecular flexibility index (Phi) is 4.90. The number of carboxylic acid groups (broad SMARTS) is 1. The topological polar surface area (TPSA) is 69.6 Å². The first kappa shape index (κ1) is 15.9. The summed E-state index contributed by atoms with van der Waals surface area (Å²) in [5.74, 6) is -1.70. The van der Waals surface area contributed by atoms with Crippen LogP contribution in [0.1, 0.15) is 19.3 Å². The van der Waals surface area contributed by atoms with E-state index in [-0.39, 0.29) is 28.2 Å². The summed E-state index contributed by atoms with van der Waals surface area (Å²) in [5, 5.41) is 11.0. The largest absolute Gasteiger partial charge is 0.481 e. The van der Waals surface area contributed by atoms with Gasteiger partial charge in [-0.05, 0) is 25.0 Å². The molecule has 0 aromatic heterocycles. The molecule has 1 atom stereocenters. The fourth-order valence-electron chi connectivity index (χ4n) is 2.34. The normalized spacial score (nSPS) is 17.9. The second-order valence-electron chi connectivity index (χ2n) is 4.77. The number of aliphatic carboxylic acids is 1. The summed E-state index contributed by atoms with van der Waals surface area (Å²) in [6, 6.07) is 1.72. The van der Waals surface area contributed by atoms with Gasteiger partial charge in [-0.2, -0.15) is 0 Å². The van der Waals surface area contributed by atoms with E-state index in [4.69, 9.17) is 28.3 Å². The number of nitrogens with zero attached hydrogens (tertiary/aromatic N) is 1. The van der Waals surface area contributed by atoms with Gasteiger partial charge in [0, 0.05) is 18.3 Å². The quantitative estimate of drug-likeness (QED) is 0.829. The standard InChI is InChI=1S/C13H13Cl2FN2O3/c14-9-4-7(5-10(15)12(9)16)17-13(21)18-3-1-2-8(18)6-11(19)20/h4-5,8H,1-3,6H2,(H,17,21)(H,19,20). The smallest absolute Gasteiger partial charge is 0.322 e. The highest BCUT2D eigenvalue weighted by Gasteiger charge is 2.30. The fraction of sp³-hybridized carbons (Fsp3) is 0.385. The summed E-state index contributed by atoms with van der Waals surface area (Å²) < 4.78 is 13.3. The number of rotatable bonds is 3. The van der Waals surface area contributed by atoms with Gasteiger partial charge in [-0.1, -0.05) is 23.2 Å². The lowest BCUT2D eigenvalue weighted by molar-refractivity contribution is -0.137. The summed E-state index contributed by atoms with van der Waals surface area (Å²) in [7, 11) is 0. The van der Waals surface area contributed by atoms with Crippen LogP contribution in [0.15, 0.2) is 12.1 Å². The number of anilines is 1. The van der Waals surface area contributed by atoms with E-state index in [1.54, 1.807) is 0 Å². The van der Waals surface area contributed by atoms with Crippen LogP contribution in [-0.4, -0.2) is 34.6 Å². The van der Waals surface area contributed by atoms with Crippen molar-refractivity contribution >= 4 is 40.9 Å². The molecule has 8 heteroatoms. The van der Waals surface area contributed by atoms with Crippen molar-refractivity contribution in [2.45, 2.75) is 25.3 Å². The number of halogens is 3. The van der Waals surface area contributed by atoms with Gasteiger partial charge in [-0.25, -0.2) is 9.18 Å². The molecule has 0 saturated carbocycles. The number of carbonyl (C=O) groups is 2. The molecule has 0 spiro atoms. The SMILES string of the molecule is O=C(O)CC1CCCN1C(=O)Nc1cc(Cl)c(F)c(Cl)c1. The zero-order valence-corrected chi connectivity index (χ0v) is 12.4. The van der Waals surface area contributed by atoms with Crippen molar-refractivity contribution in [3.8, 4) is 0 Å². The Bertz CT molecular complexity index is 560. The molecule has 1 saturated heterocycles. The number of carbonyl (C=O) groups excluding carboxylic acids is 1. The second kappa shape index (κ2) is 6.49. The Labute approximate surface area is 130 Å². The van der Waals surface area contributed by atoms with E-state index >= 15 is 0 Å². The Morgan fingerprint density at radius 1 is 1.38 bits per heavy atom. The number of hydrogen-bond acceptors (Lipinski definition) is 2. The predicted molar refractivity (Wildman–Crippen MR) is 77.4 cm³/mol. The van der Waals surface area contributed by atoms with Crippen LogP contribution in [0.3, 0.4) is 0 Å². The van der Waals surface area contributed by atoms with Gasteiger partial charge < -0.3 is 15.3 Å². The molecule has 0 radical (unpaired) electrons. The monoisotopic (exact) mass is 334 g/mol. The lowest BCUT2D eigenvalue weighted by Gasteiger charge is -2.23. The number of nitrogens with one attached hydrogen (secondary N) is 1. The molecule has 1 aliphatic heterocycles. The Balaban J connectivity index is 2.09. The van der Waals surface area contributed by atoms with E-state index < -0.39 is 17.8 Å². The van der Waals surface area contributed by atoms with Gasteiger partial charge in [0.2, 0.25) is 0 Å². The molecule has 1 aromatic rings. The molecule has 1 aromatic carbocycles. The lowest BCUT2D eigenvalue weighted by Crippen LogP contribution is -2.39. The minimum Gasteiger partial charge on any atom is -0.481 e. The first-order valence-electron chi connectivity index (χ1n) is 6.32. The molecule has 1 fully saturated rings. The highest BCUT2D eigenvalue weighted by Crippen LogP contribution is 2.28. The third-order valence-corrected chi connectivity index (χ3v) is 3.83. The van der Waals surface area contributed by atoms with E-state index in [1.807, 2.05) is 0 Å². The summed E-state index contributed by atoms with van der Waals surface area (Å²) in [6.45, 7) is 0.479. The van der Waals surface area contributed by atoms with E-state index in [2.05, 4.69) is 5.32 Å². The van der Waals surface area contributed by atoms with Crippen LogP contribution in [0.25, 0.3) is 0 Å². The number of likely N-dealkylation sites (tertiary alicyclic amines) is 1. The van der Waals surface area contributed by atoms with Crippen molar-refractivity contribution in [3.05, 3.63) is 28.0 Å². The van der Waals surface area contributed by atoms with E-state index in [0.29, 0.717) is 13.0 Å². The van der Waals surface area contributed by atoms with Crippen LogP contribution in [-0.2, 0) is 4.79 Å². The second-order valence-corrected chi connectivity index (χ2v) is 5.59. The highest BCUT2D eigenvalue weighted by molar-refractivity contribution is 6.35. The van der Waals surface area contributed by atoms with Gasteiger partial charge in [0.1, 0.15) is 0 Å². The van der Waals surface area contributed by atoms with Crippen LogP contribution in [0.5, 0.6) is 0 Å². The third kappa shape index (κ3) is 3.77. The summed E-state index contributed by atoms with van der Waals surface area (Å²) in [5.41, 5.74) is 0.261. The van der Waals surface area contributed by atoms with E-state index in [0.717, 1.165) is 6.42 Å². The Morgan fingerprint density at radius 2 is 2.00 bits per heavy atom. The maximum absolute atomic E-state index is 13.3. The van der Waals surface area contributed by atoms with Crippen LogP contribution in [0, 0.1) is 5.82 Å². The third-order valence-electron chi connectivity index (χ3n) is 3.28. The molecular weight excluding hydrogens is 322 g/mol. The van der Waals surface area contributed by atoms with Crippen molar-refractivity contribution in [2.24, 2.45) is 0 Å². The van der Waals surface area contributed by atoms with Crippen molar-refractivity contribution < 1.29 is 19.1 Å². The first-order valence-corrected chi connectivity index (χ1v) is 7.08. The fourth-order valence-corrected chi connectivity index (χ4v) is 2.83. The van der Waals surface area contributed by atoms with Gasteiger partial charge in [0.15, 0.2) is 5.82 Å². The van der Waals surface area contributed by atoms with Gasteiger partial charge in [-0.15, -0.1) is 0 Å². The minimum absolute atomic E-state index is 0.0989. The minimum atomic E-state index is -0.951. The maximum Gasteiger partial charge on any atom is 0.322 e. The Hall–Kier alpha value is -1.53. The van der Waals surface area contributed by atoms with Crippen LogP contribution >= 0.6 is 23.2 Å². The van der Waals surface area contributed by atoms with Crippen LogP contribution < -0.4 is 5.32 Å². The molecule has 5 nitrogen and oxygen atoms in total. The van der Waals surface area contributed by atoms with Crippen LogP contribution in [0.2, 0.25) is 10.0 Å².